The van der Waals surface area contributed by atoms with Gasteiger partial charge in [-0.15, -0.1) is 11.3 Å². The Kier molecular flexibility index (Phi) is 6.18. The lowest BCUT2D eigenvalue weighted by atomic mass is 10.2. The molecule has 0 radical (unpaired) electrons. The molecule has 1 aromatic carbocycles. The molecule has 0 saturated heterocycles. The summed E-state index contributed by atoms with van der Waals surface area (Å²) in [5.74, 6) is -0.0480. The molecule has 1 amide bonds. The van der Waals surface area contributed by atoms with E-state index in [-0.39, 0.29) is 12.5 Å². The largest absolute Gasteiger partial charge is 0.467 e. The molecule has 3 aromatic heterocycles. The number of rotatable bonds is 8. The summed E-state index contributed by atoms with van der Waals surface area (Å²) in [5.41, 5.74) is 3.11. The summed E-state index contributed by atoms with van der Waals surface area (Å²) in [6.07, 6.45) is 2.25. The van der Waals surface area contributed by atoms with Crippen molar-refractivity contribution in [2.75, 3.05) is 13.2 Å². The lowest BCUT2D eigenvalue weighted by Crippen LogP contribution is -2.30. The average Bonchev–Trinajstić information content (AvgIpc) is 3.48. The summed E-state index contributed by atoms with van der Waals surface area (Å²) in [4.78, 5) is 29.1. The number of esters is 1. The van der Waals surface area contributed by atoms with Gasteiger partial charge in [0.25, 0.3) is 5.91 Å². The van der Waals surface area contributed by atoms with Crippen LogP contribution in [-0.2, 0) is 22.5 Å². The van der Waals surface area contributed by atoms with Gasteiger partial charge in [-0.2, -0.15) is 0 Å². The second kappa shape index (κ2) is 9.18. The van der Waals surface area contributed by atoms with Crippen LogP contribution in [0.5, 0.6) is 0 Å². The third-order valence-corrected chi connectivity index (χ3v) is 6.12. The van der Waals surface area contributed by atoms with E-state index in [0.717, 1.165) is 32.4 Å². The zero-order chi connectivity index (χ0) is 21.8. The molecule has 160 valence electrons. The first kappa shape index (κ1) is 20.9. The van der Waals surface area contributed by atoms with Crippen LogP contribution in [0, 0.1) is 13.8 Å². The summed E-state index contributed by atoms with van der Waals surface area (Å²) in [6, 6.07) is 13.4. The fourth-order valence-electron chi connectivity index (χ4n) is 3.41. The number of ether oxygens (including phenoxy) is 1. The lowest BCUT2D eigenvalue weighted by Gasteiger charge is -2.08. The number of furan rings is 1. The minimum atomic E-state index is -0.514. The Morgan fingerprint density at radius 2 is 2.03 bits per heavy atom. The molecule has 0 atom stereocenters. The predicted molar refractivity (Wildman–Crippen MR) is 118 cm³/mol. The predicted octanol–water partition coefficient (Wildman–Crippen LogP) is 3.87. The first-order valence-corrected chi connectivity index (χ1v) is 10.8. The van der Waals surface area contributed by atoms with E-state index in [1.807, 2.05) is 54.8 Å². The Bertz CT molecular complexity index is 1170. The van der Waals surface area contributed by atoms with Crippen LogP contribution in [0.3, 0.4) is 0 Å². The number of nitrogens with zero attached hydrogens (tertiary/aromatic N) is 2. The number of nitrogens with one attached hydrogen (secondary N) is 1. The number of aryl methyl sites for hydroxylation is 1. The van der Waals surface area contributed by atoms with Crippen molar-refractivity contribution in [3.05, 3.63) is 76.4 Å². The molecule has 8 heteroatoms. The van der Waals surface area contributed by atoms with Gasteiger partial charge in [-0.1, -0.05) is 12.1 Å². The van der Waals surface area contributed by atoms with E-state index >= 15 is 0 Å². The Balaban J connectivity index is 1.26. The minimum absolute atomic E-state index is 0.319. The zero-order valence-corrected chi connectivity index (χ0v) is 18.2. The normalized spacial score (nSPS) is 11.0. The number of hydrogen-bond acceptors (Lipinski definition) is 6. The highest BCUT2D eigenvalue weighted by Gasteiger charge is 2.18. The highest BCUT2D eigenvalue weighted by atomic mass is 32.1. The highest BCUT2D eigenvalue weighted by Crippen LogP contribution is 2.21. The molecule has 4 rings (SSSR count). The number of carbonyl (C=O) groups is 2. The maximum atomic E-state index is 12.5. The Labute approximate surface area is 183 Å². The van der Waals surface area contributed by atoms with Crippen LogP contribution in [-0.4, -0.2) is 34.6 Å². The topological polar surface area (TPSA) is 86.4 Å². The summed E-state index contributed by atoms with van der Waals surface area (Å²) < 4.78 is 13.7. The zero-order valence-electron chi connectivity index (χ0n) is 17.4. The number of para-hydroxylation sites is 1. The fraction of sp³-hybridized carbons (Fsp3) is 0.261. The first-order chi connectivity index (χ1) is 15.0. The van der Waals surface area contributed by atoms with Crippen LogP contribution in [0.15, 0.2) is 53.1 Å². The molecule has 0 fully saturated rings. The van der Waals surface area contributed by atoms with Crippen molar-refractivity contribution >= 4 is 33.4 Å². The quantitative estimate of drug-likeness (QED) is 0.423. The molecule has 0 bridgehead atoms. The molecule has 1 N–H and O–H groups in total. The van der Waals surface area contributed by atoms with Crippen molar-refractivity contribution in [2.45, 2.75) is 26.8 Å². The molecule has 0 aliphatic carbocycles. The molecule has 3 heterocycles. The smallest absolute Gasteiger partial charge is 0.340 e. The van der Waals surface area contributed by atoms with Crippen LogP contribution in [0.1, 0.15) is 32.5 Å². The van der Waals surface area contributed by atoms with Crippen molar-refractivity contribution < 1.29 is 18.7 Å². The van der Waals surface area contributed by atoms with Crippen LogP contribution in [0.4, 0.5) is 0 Å². The van der Waals surface area contributed by atoms with Crippen molar-refractivity contribution in [3.63, 3.8) is 0 Å². The van der Waals surface area contributed by atoms with E-state index in [4.69, 9.17) is 9.15 Å². The SMILES string of the molecule is Cc1cc(C(=O)OCC(=O)NCCc2nc3ccccc3s2)c(C)n1Cc1ccco1. The summed E-state index contributed by atoms with van der Waals surface area (Å²) in [5, 5.41) is 3.74. The Morgan fingerprint density at radius 3 is 2.81 bits per heavy atom. The van der Waals surface area contributed by atoms with Gasteiger partial charge in [-0.3, -0.25) is 4.79 Å². The number of fused-ring (bicyclic) bond motifs is 1. The molecule has 31 heavy (non-hydrogen) atoms. The monoisotopic (exact) mass is 437 g/mol. The second-order valence-corrected chi connectivity index (χ2v) is 8.32. The minimum Gasteiger partial charge on any atom is -0.467 e. The van der Waals surface area contributed by atoms with Crippen LogP contribution < -0.4 is 5.32 Å². The fourth-order valence-corrected chi connectivity index (χ4v) is 4.37. The maximum Gasteiger partial charge on any atom is 0.340 e. The molecular weight excluding hydrogens is 414 g/mol. The number of hydrogen-bond donors (Lipinski definition) is 1. The van der Waals surface area contributed by atoms with Gasteiger partial charge in [0, 0.05) is 24.4 Å². The van der Waals surface area contributed by atoms with Gasteiger partial charge in [0.1, 0.15) is 5.76 Å². The molecule has 0 aliphatic heterocycles. The third-order valence-electron chi connectivity index (χ3n) is 5.02. The lowest BCUT2D eigenvalue weighted by molar-refractivity contribution is -0.124. The Morgan fingerprint density at radius 1 is 1.19 bits per heavy atom. The van der Waals surface area contributed by atoms with Gasteiger partial charge in [0.05, 0.1) is 33.6 Å². The maximum absolute atomic E-state index is 12.5. The van der Waals surface area contributed by atoms with Crippen LogP contribution in [0.2, 0.25) is 0 Å². The molecule has 4 aromatic rings. The van der Waals surface area contributed by atoms with Crippen molar-refractivity contribution in [1.29, 1.82) is 0 Å². The third kappa shape index (κ3) is 4.86. The molecule has 0 aliphatic rings. The van der Waals surface area contributed by atoms with E-state index in [0.29, 0.717) is 25.1 Å². The van der Waals surface area contributed by atoms with E-state index in [1.54, 1.807) is 23.7 Å². The number of benzene rings is 1. The van der Waals surface area contributed by atoms with Gasteiger partial charge >= 0.3 is 5.97 Å². The summed E-state index contributed by atoms with van der Waals surface area (Å²) in [6.45, 7) is 4.42. The first-order valence-electron chi connectivity index (χ1n) is 9.98. The van der Waals surface area contributed by atoms with Crippen molar-refractivity contribution in [2.24, 2.45) is 0 Å². The number of aromatic nitrogens is 2. The van der Waals surface area contributed by atoms with Crippen molar-refractivity contribution in [1.82, 2.24) is 14.9 Å². The number of thiazole rings is 1. The van der Waals surface area contributed by atoms with Gasteiger partial charge in [-0.25, -0.2) is 9.78 Å². The molecule has 0 spiro atoms. The van der Waals surface area contributed by atoms with Gasteiger partial charge in [-0.05, 0) is 44.2 Å². The standard InChI is InChI=1S/C23H23N3O4S/c1-15-12-18(16(2)26(15)13-17-6-5-11-29-17)23(28)30-14-21(27)24-10-9-22-25-19-7-3-4-8-20(19)31-22/h3-8,11-12H,9-10,13-14H2,1-2H3,(H,24,27). The van der Waals surface area contributed by atoms with E-state index < -0.39 is 5.97 Å². The van der Waals surface area contributed by atoms with Crippen LogP contribution >= 0.6 is 11.3 Å². The number of carbonyl (C=O) groups excluding carboxylic acids is 2. The van der Waals surface area contributed by atoms with Gasteiger partial charge in [0.15, 0.2) is 6.61 Å². The van der Waals surface area contributed by atoms with E-state index in [2.05, 4.69) is 10.3 Å². The summed E-state index contributed by atoms with van der Waals surface area (Å²) >= 11 is 1.61. The molecule has 0 unspecified atom stereocenters. The van der Waals surface area contributed by atoms with Gasteiger partial charge in [0.2, 0.25) is 0 Å². The van der Waals surface area contributed by atoms with E-state index in [9.17, 15) is 9.59 Å². The summed E-state index contributed by atoms with van der Waals surface area (Å²) in [7, 11) is 0. The van der Waals surface area contributed by atoms with Crippen molar-refractivity contribution in [3.8, 4) is 0 Å². The molecule has 0 saturated carbocycles. The molecule has 7 nitrogen and oxygen atoms in total. The highest BCUT2D eigenvalue weighted by molar-refractivity contribution is 7.18. The second-order valence-electron chi connectivity index (χ2n) is 7.20. The average molecular weight is 438 g/mol. The van der Waals surface area contributed by atoms with Gasteiger partial charge < -0.3 is 19.0 Å². The van der Waals surface area contributed by atoms with E-state index in [1.165, 1.54) is 0 Å². The van der Waals surface area contributed by atoms with Crippen LogP contribution in [0.25, 0.3) is 10.2 Å². The molecular formula is C23H23N3O4S. The number of amides is 1. The Hall–Kier alpha value is -3.39.